The van der Waals surface area contributed by atoms with E-state index >= 15 is 0 Å². The van der Waals surface area contributed by atoms with Crippen LogP contribution in [0.25, 0.3) is 11.1 Å². The third kappa shape index (κ3) is 4.46. The van der Waals surface area contributed by atoms with Gasteiger partial charge in [0.15, 0.2) is 6.10 Å². The first-order valence-corrected chi connectivity index (χ1v) is 10.4. The Morgan fingerprint density at radius 1 is 1.03 bits per heavy atom. The van der Waals surface area contributed by atoms with Crippen molar-refractivity contribution < 1.29 is 9.53 Å². The van der Waals surface area contributed by atoms with Crippen LogP contribution in [0.2, 0.25) is 5.02 Å². The average Bonchev–Trinajstić information content (AvgIpc) is 2.76. The van der Waals surface area contributed by atoms with Crippen molar-refractivity contribution >= 4 is 17.5 Å². The molecule has 3 aromatic carbocycles. The molecule has 3 aromatic rings. The Morgan fingerprint density at radius 2 is 1.79 bits per heavy atom. The fraction of sp³-hybridized carbons (Fsp3) is 0.240. The Bertz CT molecular complexity index is 1000. The summed E-state index contributed by atoms with van der Waals surface area (Å²) in [6.07, 6.45) is 2.45. The van der Waals surface area contributed by atoms with E-state index in [0.29, 0.717) is 10.8 Å². The molecular formula is C25H24ClNO2. The van der Waals surface area contributed by atoms with Crippen LogP contribution in [0.4, 0.5) is 0 Å². The molecule has 0 bridgehead atoms. The van der Waals surface area contributed by atoms with Crippen LogP contribution in [-0.4, -0.2) is 12.0 Å². The lowest BCUT2D eigenvalue weighted by molar-refractivity contribution is -0.128. The molecule has 0 saturated carbocycles. The van der Waals surface area contributed by atoms with Crippen molar-refractivity contribution in [3.8, 4) is 16.9 Å². The van der Waals surface area contributed by atoms with Crippen LogP contribution in [0.15, 0.2) is 72.8 Å². The fourth-order valence-electron chi connectivity index (χ4n) is 3.84. The number of amides is 1. The Morgan fingerprint density at radius 3 is 2.59 bits per heavy atom. The number of aryl methyl sites for hydroxylation is 1. The number of rotatable bonds is 5. The molecule has 29 heavy (non-hydrogen) atoms. The van der Waals surface area contributed by atoms with Gasteiger partial charge in [-0.25, -0.2) is 0 Å². The molecule has 1 N–H and O–H groups in total. The maximum atomic E-state index is 12.7. The zero-order chi connectivity index (χ0) is 20.2. The second-order valence-corrected chi connectivity index (χ2v) is 7.83. The van der Waals surface area contributed by atoms with Crippen LogP contribution in [0.3, 0.4) is 0 Å². The van der Waals surface area contributed by atoms with Gasteiger partial charge in [0.25, 0.3) is 5.91 Å². The molecule has 4 heteroatoms. The highest BCUT2D eigenvalue weighted by Gasteiger charge is 2.24. The van der Waals surface area contributed by atoms with E-state index in [2.05, 4.69) is 23.5 Å². The number of carbonyl (C=O) groups excluding carboxylic acids is 1. The van der Waals surface area contributed by atoms with Gasteiger partial charge in [0.05, 0.1) is 11.1 Å². The normalized spacial score (nSPS) is 16.6. The number of hydrogen-bond donors (Lipinski definition) is 1. The van der Waals surface area contributed by atoms with Gasteiger partial charge in [0.2, 0.25) is 0 Å². The monoisotopic (exact) mass is 405 g/mol. The minimum absolute atomic E-state index is 0.0365. The maximum absolute atomic E-state index is 12.7. The number of fused-ring (bicyclic) bond motifs is 1. The number of hydrogen-bond acceptors (Lipinski definition) is 2. The summed E-state index contributed by atoms with van der Waals surface area (Å²) in [5.41, 5.74) is 4.63. The Kier molecular flexibility index (Phi) is 5.86. The van der Waals surface area contributed by atoms with E-state index in [-0.39, 0.29) is 11.9 Å². The molecule has 0 aliphatic heterocycles. The lowest BCUT2D eigenvalue weighted by Crippen LogP contribution is -2.39. The average molecular weight is 406 g/mol. The molecule has 0 heterocycles. The number of ether oxygens (including phenoxy) is 1. The van der Waals surface area contributed by atoms with Crippen LogP contribution >= 0.6 is 11.6 Å². The van der Waals surface area contributed by atoms with E-state index < -0.39 is 6.10 Å². The second kappa shape index (κ2) is 8.71. The van der Waals surface area contributed by atoms with Crippen LogP contribution in [-0.2, 0) is 11.2 Å². The lowest BCUT2D eigenvalue weighted by Gasteiger charge is -2.27. The van der Waals surface area contributed by atoms with E-state index in [1.807, 2.05) is 54.6 Å². The molecule has 1 amide bonds. The van der Waals surface area contributed by atoms with Gasteiger partial charge in [-0.3, -0.25) is 4.79 Å². The molecule has 3 nitrogen and oxygen atoms in total. The summed E-state index contributed by atoms with van der Waals surface area (Å²) in [4.78, 5) is 12.7. The Balaban J connectivity index is 1.43. The quantitative estimate of drug-likeness (QED) is 0.568. The predicted octanol–water partition coefficient (Wildman–Crippen LogP) is 5.97. The van der Waals surface area contributed by atoms with Crippen molar-refractivity contribution in [1.82, 2.24) is 5.32 Å². The third-order valence-corrected chi connectivity index (χ3v) is 5.69. The van der Waals surface area contributed by atoms with Gasteiger partial charge >= 0.3 is 0 Å². The molecule has 1 aliphatic rings. The Hall–Kier alpha value is -2.78. The number of benzene rings is 3. The maximum Gasteiger partial charge on any atom is 0.261 e. The highest BCUT2D eigenvalue weighted by molar-refractivity contribution is 6.32. The molecule has 0 radical (unpaired) electrons. The molecular weight excluding hydrogens is 382 g/mol. The molecule has 1 aliphatic carbocycles. The summed E-state index contributed by atoms with van der Waals surface area (Å²) in [7, 11) is 0. The highest BCUT2D eigenvalue weighted by Crippen LogP contribution is 2.32. The number of nitrogens with one attached hydrogen (secondary N) is 1. The van der Waals surface area contributed by atoms with E-state index in [1.54, 1.807) is 6.92 Å². The minimum atomic E-state index is -0.635. The molecule has 2 atom stereocenters. The summed E-state index contributed by atoms with van der Waals surface area (Å²) < 4.78 is 5.88. The fourth-order valence-corrected chi connectivity index (χ4v) is 4.07. The van der Waals surface area contributed by atoms with Gasteiger partial charge in [0.1, 0.15) is 5.75 Å². The van der Waals surface area contributed by atoms with Crippen LogP contribution in [0, 0.1) is 0 Å². The Labute approximate surface area is 176 Å². The van der Waals surface area contributed by atoms with Gasteiger partial charge < -0.3 is 10.1 Å². The van der Waals surface area contributed by atoms with Gasteiger partial charge in [-0.2, -0.15) is 0 Å². The lowest BCUT2D eigenvalue weighted by atomic mass is 9.87. The van der Waals surface area contributed by atoms with Crippen molar-refractivity contribution in [2.75, 3.05) is 0 Å². The zero-order valence-corrected chi connectivity index (χ0v) is 17.2. The van der Waals surface area contributed by atoms with Crippen LogP contribution in [0.1, 0.15) is 36.9 Å². The minimum Gasteiger partial charge on any atom is -0.479 e. The summed E-state index contributed by atoms with van der Waals surface area (Å²) in [5.74, 6) is 0.382. The first-order chi connectivity index (χ1) is 14.1. The standard InChI is InChI=1S/C25H24ClNO2/c1-17(25(28)27-23-13-7-11-19-10-5-6-12-21(19)23)29-24-15-14-20(16-22(24)26)18-8-3-2-4-9-18/h2-6,8-10,12,14-17,23H,7,11,13H2,1H3,(H,27,28)/t17-,23-/m1/s1. The summed E-state index contributed by atoms with van der Waals surface area (Å²) in [6, 6.07) is 24.0. The summed E-state index contributed by atoms with van der Waals surface area (Å²) in [5, 5.41) is 3.64. The summed E-state index contributed by atoms with van der Waals surface area (Å²) in [6.45, 7) is 1.76. The molecule has 4 rings (SSSR count). The van der Waals surface area contributed by atoms with Crippen molar-refractivity contribution in [1.29, 1.82) is 0 Å². The van der Waals surface area contributed by atoms with Crippen LogP contribution in [0.5, 0.6) is 5.75 Å². The second-order valence-electron chi connectivity index (χ2n) is 7.42. The first kappa shape index (κ1) is 19.5. The highest BCUT2D eigenvalue weighted by atomic mass is 35.5. The van der Waals surface area contributed by atoms with E-state index in [0.717, 1.165) is 30.4 Å². The number of carbonyl (C=O) groups is 1. The van der Waals surface area contributed by atoms with Gasteiger partial charge in [-0.1, -0.05) is 72.3 Å². The van der Waals surface area contributed by atoms with Crippen molar-refractivity contribution in [3.63, 3.8) is 0 Å². The van der Waals surface area contributed by atoms with Crippen LogP contribution < -0.4 is 10.1 Å². The van der Waals surface area contributed by atoms with Gasteiger partial charge in [-0.15, -0.1) is 0 Å². The molecule has 148 valence electrons. The van der Waals surface area contributed by atoms with Crippen molar-refractivity contribution in [2.24, 2.45) is 0 Å². The largest absolute Gasteiger partial charge is 0.479 e. The van der Waals surface area contributed by atoms with Crippen molar-refractivity contribution in [2.45, 2.75) is 38.3 Å². The topological polar surface area (TPSA) is 38.3 Å². The van der Waals surface area contributed by atoms with Gasteiger partial charge in [-0.05, 0) is 60.6 Å². The third-order valence-electron chi connectivity index (χ3n) is 5.40. The molecule has 0 aromatic heterocycles. The SMILES string of the molecule is C[C@@H](Oc1ccc(-c2ccccc2)cc1Cl)C(=O)N[C@@H]1CCCc2ccccc21. The first-order valence-electron chi connectivity index (χ1n) is 10.0. The molecule has 0 unspecified atom stereocenters. The zero-order valence-electron chi connectivity index (χ0n) is 16.4. The van der Waals surface area contributed by atoms with Gasteiger partial charge in [0, 0.05) is 0 Å². The summed E-state index contributed by atoms with van der Waals surface area (Å²) >= 11 is 6.43. The predicted molar refractivity (Wildman–Crippen MR) is 117 cm³/mol. The molecule has 0 saturated heterocycles. The van der Waals surface area contributed by atoms with Crippen molar-refractivity contribution in [3.05, 3.63) is 88.9 Å². The van der Waals surface area contributed by atoms with E-state index in [1.165, 1.54) is 11.1 Å². The molecule has 0 fully saturated rings. The van der Waals surface area contributed by atoms with E-state index in [4.69, 9.17) is 16.3 Å². The van der Waals surface area contributed by atoms with E-state index in [9.17, 15) is 4.79 Å². The smallest absolute Gasteiger partial charge is 0.261 e. The molecule has 0 spiro atoms. The number of halogens is 1.